The van der Waals surface area contributed by atoms with Crippen molar-refractivity contribution in [2.45, 2.75) is 43.1 Å². The summed E-state index contributed by atoms with van der Waals surface area (Å²) >= 11 is 0. The van der Waals surface area contributed by atoms with E-state index in [1.165, 1.54) is 12.3 Å². The lowest BCUT2D eigenvalue weighted by molar-refractivity contribution is -0.339. The van der Waals surface area contributed by atoms with Gasteiger partial charge in [0, 0.05) is 12.0 Å². The van der Waals surface area contributed by atoms with Crippen molar-refractivity contribution in [2.24, 2.45) is 11.8 Å². The minimum Gasteiger partial charge on any atom is -0.472 e. The van der Waals surface area contributed by atoms with E-state index in [9.17, 15) is 30.3 Å². The molecule has 0 unspecified atom stereocenters. The summed E-state index contributed by atoms with van der Waals surface area (Å²) in [6.45, 7) is -0.722. The molecule has 1 fully saturated rings. The number of fused-ring (bicyclic) bond motifs is 1. The summed E-state index contributed by atoms with van der Waals surface area (Å²) in [5.41, 5.74) is 1.40. The third kappa shape index (κ3) is 5.23. The largest absolute Gasteiger partial charge is 0.472 e. The van der Waals surface area contributed by atoms with Gasteiger partial charge in [0.25, 0.3) is 0 Å². The number of aliphatic hydroxyl groups is 5. The van der Waals surface area contributed by atoms with Crippen LogP contribution in [-0.2, 0) is 23.7 Å². The maximum Gasteiger partial charge on any atom is 0.331 e. The topological polar surface area (TPSA) is 155 Å². The van der Waals surface area contributed by atoms with Crippen LogP contribution in [-0.4, -0.2) is 87.8 Å². The summed E-state index contributed by atoms with van der Waals surface area (Å²) < 4.78 is 22.1. The van der Waals surface area contributed by atoms with Crippen molar-refractivity contribution in [3.05, 3.63) is 66.0 Å². The van der Waals surface area contributed by atoms with E-state index >= 15 is 0 Å². The molecule has 4 rings (SSSR count). The second kappa shape index (κ2) is 10.8. The quantitative estimate of drug-likeness (QED) is 0.197. The summed E-state index contributed by atoms with van der Waals surface area (Å²) in [5, 5.41) is 50.1. The maximum atomic E-state index is 12.2. The molecule has 0 spiro atoms. The Labute approximate surface area is 196 Å². The Hall–Kier alpha value is -2.57. The van der Waals surface area contributed by atoms with Crippen molar-refractivity contribution < 1.29 is 49.3 Å². The average Bonchev–Trinajstić information content (AvgIpc) is 3.18. The van der Waals surface area contributed by atoms with E-state index in [0.717, 1.165) is 5.56 Å². The normalized spacial score (nSPS) is 37.2. The summed E-state index contributed by atoms with van der Waals surface area (Å²) in [4.78, 5) is 12.2. The number of carbonyl (C=O) groups is 1. The molecule has 3 aliphatic rings. The molecule has 0 saturated carbocycles. The second-order valence-electron chi connectivity index (χ2n) is 8.35. The Morgan fingerprint density at radius 3 is 2.53 bits per heavy atom. The van der Waals surface area contributed by atoms with Crippen LogP contribution in [0.3, 0.4) is 0 Å². The van der Waals surface area contributed by atoms with Gasteiger partial charge in [0.1, 0.15) is 31.0 Å². The smallest absolute Gasteiger partial charge is 0.331 e. The molecule has 0 bridgehead atoms. The predicted molar refractivity (Wildman–Crippen MR) is 116 cm³/mol. The molecule has 5 N–H and O–H groups in total. The third-order valence-corrected chi connectivity index (χ3v) is 6.14. The Morgan fingerprint density at radius 2 is 1.79 bits per heavy atom. The molecule has 0 aromatic heterocycles. The van der Waals surface area contributed by atoms with Crippen molar-refractivity contribution in [1.82, 2.24) is 0 Å². The summed E-state index contributed by atoms with van der Waals surface area (Å²) in [5.74, 6) is -1.57. The van der Waals surface area contributed by atoms with Gasteiger partial charge >= 0.3 is 5.97 Å². The second-order valence-corrected chi connectivity index (χ2v) is 8.35. The van der Waals surface area contributed by atoms with Gasteiger partial charge in [-0.1, -0.05) is 36.4 Å². The van der Waals surface area contributed by atoms with E-state index in [1.807, 2.05) is 30.3 Å². The van der Waals surface area contributed by atoms with E-state index in [0.29, 0.717) is 5.57 Å². The number of ether oxygens (including phenoxy) is 4. The summed E-state index contributed by atoms with van der Waals surface area (Å²) in [7, 11) is 0. The van der Waals surface area contributed by atoms with Crippen molar-refractivity contribution in [2.75, 3.05) is 13.2 Å². The maximum absolute atomic E-state index is 12.2. The highest BCUT2D eigenvalue weighted by atomic mass is 16.8. The predicted octanol–water partition coefficient (Wildman–Crippen LogP) is -0.537. The highest BCUT2D eigenvalue weighted by Gasteiger charge is 2.49. The van der Waals surface area contributed by atoms with Gasteiger partial charge < -0.3 is 44.5 Å². The lowest BCUT2D eigenvalue weighted by Gasteiger charge is -2.42. The first-order chi connectivity index (χ1) is 16.4. The Bertz CT molecular complexity index is 927. The first-order valence-electron chi connectivity index (χ1n) is 11.0. The molecule has 9 atom stereocenters. The third-order valence-electron chi connectivity index (χ3n) is 6.14. The van der Waals surface area contributed by atoms with Gasteiger partial charge in [-0.05, 0) is 23.3 Å². The Kier molecular flexibility index (Phi) is 7.79. The van der Waals surface area contributed by atoms with Crippen molar-refractivity contribution >= 4 is 12.0 Å². The fraction of sp³-hybridized carbons (Fsp3) is 0.458. The first kappa shape index (κ1) is 24.6. The van der Waals surface area contributed by atoms with Gasteiger partial charge in [0.2, 0.25) is 6.29 Å². The van der Waals surface area contributed by atoms with Crippen LogP contribution in [0, 0.1) is 11.8 Å². The molecule has 10 heteroatoms. The van der Waals surface area contributed by atoms with Crippen LogP contribution in [0.5, 0.6) is 0 Å². The van der Waals surface area contributed by atoms with Gasteiger partial charge in [-0.25, -0.2) is 4.79 Å². The molecular formula is C24H28O10. The highest BCUT2D eigenvalue weighted by Crippen LogP contribution is 2.41. The lowest BCUT2D eigenvalue weighted by Crippen LogP contribution is -2.60. The summed E-state index contributed by atoms with van der Waals surface area (Å²) in [6, 6.07) is 9.26. The number of rotatable bonds is 7. The molecule has 34 heavy (non-hydrogen) atoms. The molecule has 1 aliphatic carbocycles. The lowest BCUT2D eigenvalue weighted by atomic mass is 9.88. The van der Waals surface area contributed by atoms with Gasteiger partial charge in [-0.3, -0.25) is 0 Å². The minimum atomic E-state index is -1.61. The van der Waals surface area contributed by atoms with Crippen LogP contribution >= 0.6 is 0 Å². The molecule has 184 valence electrons. The molecule has 0 amide bonds. The first-order valence-corrected chi connectivity index (χ1v) is 11.0. The molecular weight excluding hydrogens is 448 g/mol. The molecule has 0 radical (unpaired) electrons. The minimum absolute atomic E-state index is 0.123. The zero-order valence-corrected chi connectivity index (χ0v) is 18.2. The summed E-state index contributed by atoms with van der Waals surface area (Å²) in [6.07, 6.45) is -1.72. The molecule has 10 nitrogen and oxygen atoms in total. The standard InChI is InChI=1S/C24H28O10/c25-11-17-20(28)21(29)22(30)24(33-17)34-23-19-14(10-16(26)15(19)8-9-31-23)12-32-18(27)7-6-13-4-2-1-3-5-13/h1-10,15-17,19-26,28-30H,11-12H2/b7-6+/t15-,16-,17+,19-,20-,21-,22-,23+,24-/m1/s1. The van der Waals surface area contributed by atoms with Crippen molar-refractivity contribution in [3.63, 3.8) is 0 Å². The van der Waals surface area contributed by atoms with Crippen LogP contribution in [0.25, 0.3) is 6.08 Å². The number of aliphatic hydroxyl groups excluding tert-OH is 5. The Balaban J connectivity index is 1.41. The van der Waals surface area contributed by atoms with Gasteiger partial charge in [0.05, 0.1) is 24.9 Å². The van der Waals surface area contributed by atoms with Crippen LogP contribution in [0.1, 0.15) is 5.56 Å². The molecule has 2 aliphatic heterocycles. The number of hydrogen-bond donors (Lipinski definition) is 5. The van der Waals surface area contributed by atoms with Crippen LogP contribution in [0.4, 0.5) is 0 Å². The van der Waals surface area contributed by atoms with Gasteiger partial charge in [-0.2, -0.15) is 0 Å². The highest BCUT2D eigenvalue weighted by molar-refractivity contribution is 5.87. The van der Waals surface area contributed by atoms with Crippen molar-refractivity contribution in [3.8, 4) is 0 Å². The van der Waals surface area contributed by atoms with Crippen LogP contribution < -0.4 is 0 Å². The van der Waals surface area contributed by atoms with E-state index in [1.54, 1.807) is 18.2 Å². The SMILES string of the molecule is O=C(/C=C/c1ccccc1)OCC1=C[C@@H](O)[C@H]2C=CO[C@@H](O[C@H]3O[C@@H](CO)[C@@H](O)[C@@H](O)[C@H]3O)[C@H]12. The number of carbonyl (C=O) groups excluding carboxylic acids is 1. The zero-order chi connectivity index (χ0) is 24.2. The number of hydrogen-bond acceptors (Lipinski definition) is 10. The monoisotopic (exact) mass is 476 g/mol. The van der Waals surface area contributed by atoms with E-state index in [2.05, 4.69) is 0 Å². The van der Waals surface area contributed by atoms with Gasteiger partial charge in [0.15, 0.2) is 6.29 Å². The van der Waals surface area contributed by atoms with E-state index in [-0.39, 0.29) is 6.61 Å². The number of esters is 1. The molecule has 1 saturated heterocycles. The van der Waals surface area contributed by atoms with Crippen LogP contribution in [0.15, 0.2) is 60.4 Å². The van der Waals surface area contributed by atoms with Gasteiger partial charge in [-0.15, -0.1) is 0 Å². The molecule has 2 heterocycles. The van der Waals surface area contributed by atoms with Crippen molar-refractivity contribution in [1.29, 1.82) is 0 Å². The average molecular weight is 476 g/mol. The van der Waals surface area contributed by atoms with Crippen LogP contribution in [0.2, 0.25) is 0 Å². The molecule has 1 aromatic carbocycles. The molecule has 1 aromatic rings. The Morgan fingerprint density at radius 1 is 1.03 bits per heavy atom. The van der Waals surface area contributed by atoms with E-state index < -0.39 is 67.5 Å². The fourth-order valence-corrected chi connectivity index (χ4v) is 4.29. The number of benzene rings is 1. The van der Waals surface area contributed by atoms with E-state index in [4.69, 9.17) is 18.9 Å². The fourth-order valence-electron chi connectivity index (χ4n) is 4.29. The zero-order valence-electron chi connectivity index (χ0n) is 18.2.